The molecule has 0 fully saturated rings. The fourth-order valence-electron chi connectivity index (χ4n) is 2.01. The van der Waals surface area contributed by atoms with Crippen molar-refractivity contribution in [2.24, 2.45) is 5.11 Å². The van der Waals surface area contributed by atoms with Crippen molar-refractivity contribution >= 4 is 6.09 Å². The Morgan fingerprint density at radius 2 is 2.00 bits per heavy atom. The van der Waals surface area contributed by atoms with E-state index in [0.29, 0.717) is 0 Å². The largest absolute Gasteiger partial charge is 0.465 e. The highest BCUT2D eigenvalue weighted by molar-refractivity contribution is 5.67. The number of amides is 1. The molecule has 6 heteroatoms. The normalized spacial score (nSPS) is 12.4. The molecular weight excluding hydrogens is 244 g/mol. The molecular formula is C13H18N4O2. The summed E-state index contributed by atoms with van der Waals surface area (Å²) in [7, 11) is 0. The second-order valence-corrected chi connectivity index (χ2v) is 5.16. The molecule has 6 nitrogen and oxygen atoms in total. The molecule has 102 valence electrons. The highest BCUT2D eigenvalue weighted by atomic mass is 16.4. The maximum Gasteiger partial charge on any atom is 0.408 e. The maximum absolute atomic E-state index is 11.5. The van der Waals surface area contributed by atoms with Gasteiger partial charge in [-0.2, -0.15) is 0 Å². The molecule has 0 saturated heterocycles. The summed E-state index contributed by atoms with van der Waals surface area (Å²) < 4.78 is 0. The standard InChI is InChI=1S/C13H18N4O2/c1-13(2,3)17(12(18)19)11(9-15-16-14)10-7-5-4-6-8-10/h4-8,11H,9H2,1-3H3,(H,18,19). The van der Waals surface area contributed by atoms with Gasteiger partial charge in [-0.1, -0.05) is 35.4 Å². The third-order valence-corrected chi connectivity index (χ3v) is 2.74. The third kappa shape index (κ3) is 3.89. The van der Waals surface area contributed by atoms with Crippen molar-refractivity contribution in [2.75, 3.05) is 6.54 Å². The van der Waals surface area contributed by atoms with Crippen LogP contribution in [0.15, 0.2) is 35.4 Å². The summed E-state index contributed by atoms with van der Waals surface area (Å²) in [5.74, 6) is 0. The van der Waals surface area contributed by atoms with Crippen molar-refractivity contribution < 1.29 is 9.90 Å². The molecule has 1 unspecified atom stereocenters. The quantitative estimate of drug-likeness (QED) is 0.507. The van der Waals surface area contributed by atoms with E-state index in [1.165, 1.54) is 4.90 Å². The zero-order valence-electron chi connectivity index (χ0n) is 11.3. The minimum atomic E-state index is -1.03. The summed E-state index contributed by atoms with van der Waals surface area (Å²) in [4.78, 5) is 15.6. The Balaban J connectivity index is 3.21. The van der Waals surface area contributed by atoms with Gasteiger partial charge in [0, 0.05) is 10.5 Å². The van der Waals surface area contributed by atoms with Crippen molar-refractivity contribution in [3.63, 3.8) is 0 Å². The monoisotopic (exact) mass is 262 g/mol. The van der Waals surface area contributed by atoms with Crippen LogP contribution in [0, 0.1) is 0 Å². The molecule has 1 N–H and O–H groups in total. The van der Waals surface area contributed by atoms with Crippen LogP contribution in [-0.2, 0) is 0 Å². The number of benzene rings is 1. The lowest BCUT2D eigenvalue weighted by Crippen LogP contribution is -2.48. The lowest BCUT2D eigenvalue weighted by atomic mass is 9.98. The topological polar surface area (TPSA) is 89.3 Å². The van der Waals surface area contributed by atoms with Gasteiger partial charge in [-0.3, -0.25) is 4.90 Å². The molecule has 1 amide bonds. The number of carboxylic acid groups (broad SMARTS) is 1. The van der Waals surface area contributed by atoms with Gasteiger partial charge in [0.15, 0.2) is 0 Å². The molecule has 1 aromatic carbocycles. The summed E-state index contributed by atoms with van der Waals surface area (Å²) in [5.41, 5.74) is 8.70. The van der Waals surface area contributed by atoms with E-state index in [1.54, 1.807) is 0 Å². The number of carbonyl (C=O) groups is 1. The van der Waals surface area contributed by atoms with Crippen LogP contribution in [0.2, 0.25) is 0 Å². The van der Waals surface area contributed by atoms with Crippen molar-refractivity contribution in [3.8, 4) is 0 Å². The summed E-state index contributed by atoms with van der Waals surface area (Å²) >= 11 is 0. The van der Waals surface area contributed by atoms with Gasteiger partial charge in [0.2, 0.25) is 0 Å². The highest BCUT2D eigenvalue weighted by Gasteiger charge is 2.33. The Morgan fingerprint density at radius 3 is 2.42 bits per heavy atom. The van der Waals surface area contributed by atoms with E-state index in [0.717, 1.165) is 5.56 Å². The molecule has 0 spiro atoms. The van der Waals surface area contributed by atoms with E-state index in [4.69, 9.17) is 5.53 Å². The zero-order valence-corrected chi connectivity index (χ0v) is 11.3. The van der Waals surface area contributed by atoms with Gasteiger partial charge in [0.1, 0.15) is 0 Å². The van der Waals surface area contributed by atoms with E-state index in [1.807, 2.05) is 51.1 Å². The van der Waals surface area contributed by atoms with Crippen molar-refractivity contribution in [1.29, 1.82) is 0 Å². The summed E-state index contributed by atoms with van der Waals surface area (Å²) in [6.45, 7) is 5.51. The highest BCUT2D eigenvalue weighted by Crippen LogP contribution is 2.28. The molecule has 1 atom stereocenters. The van der Waals surface area contributed by atoms with Gasteiger partial charge in [-0.15, -0.1) is 0 Å². The van der Waals surface area contributed by atoms with Gasteiger partial charge in [-0.05, 0) is 31.9 Å². The van der Waals surface area contributed by atoms with E-state index in [2.05, 4.69) is 10.0 Å². The average molecular weight is 262 g/mol. The lowest BCUT2D eigenvalue weighted by Gasteiger charge is -2.39. The summed E-state index contributed by atoms with van der Waals surface area (Å²) in [6.07, 6.45) is -1.03. The SMILES string of the molecule is CC(C)(C)N(C(=O)O)C(CN=[N+]=[N-])c1ccccc1. The number of hydrogen-bond donors (Lipinski definition) is 1. The predicted molar refractivity (Wildman–Crippen MR) is 72.8 cm³/mol. The lowest BCUT2D eigenvalue weighted by molar-refractivity contribution is 0.0721. The Bertz CT molecular complexity index is 475. The molecule has 0 heterocycles. The molecule has 0 aromatic heterocycles. The van der Waals surface area contributed by atoms with E-state index in [9.17, 15) is 9.90 Å². The van der Waals surface area contributed by atoms with E-state index in [-0.39, 0.29) is 6.54 Å². The van der Waals surface area contributed by atoms with E-state index >= 15 is 0 Å². The molecule has 0 radical (unpaired) electrons. The second-order valence-electron chi connectivity index (χ2n) is 5.16. The first kappa shape index (κ1) is 14.9. The summed E-state index contributed by atoms with van der Waals surface area (Å²) in [5, 5.41) is 13.0. The van der Waals surface area contributed by atoms with Crippen LogP contribution >= 0.6 is 0 Å². The molecule has 0 aliphatic carbocycles. The van der Waals surface area contributed by atoms with Crippen molar-refractivity contribution in [1.82, 2.24) is 4.90 Å². The third-order valence-electron chi connectivity index (χ3n) is 2.74. The second kappa shape index (κ2) is 6.11. The average Bonchev–Trinajstić information content (AvgIpc) is 2.33. The Labute approximate surface area is 112 Å². The first-order valence-corrected chi connectivity index (χ1v) is 5.96. The van der Waals surface area contributed by atoms with Gasteiger partial charge in [0.05, 0.1) is 12.6 Å². The minimum Gasteiger partial charge on any atom is -0.465 e. The smallest absolute Gasteiger partial charge is 0.408 e. The van der Waals surface area contributed by atoms with Gasteiger partial charge < -0.3 is 5.11 Å². The van der Waals surface area contributed by atoms with Crippen LogP contribution in [0.4, 0.5) is 4.79 Å². The van der Waals surface area contributed by atoms with Crippen molar-refractivity contribution in [3.05, 3.63) is 46.3 Å². The van der Waals surface area contributed by atoms with Crippen LogP contribution in [-0.4, -0.2) is 28.2 Å². The number of hydrogen-bond acceptors (Lipinski definition) is 2. The molecule has 19 heavy (non-hydrogen) atoms. The van der Waals surface area contributed by atoms with Crippen LogP contribution in [0.25, 0.3) is 10.4 Å². The molecule has 0 aliphatic heterocycles. The van der Waals surface area contributed by atoms with Crippen LogP contribution in [0.3, 0.4) is 0 Å². The fraction of sp³-hybridized carbons (Fsp3) is 0.462. The Morgan fingerprint density at radius 1 is 1.42 bits per heavy atom. The Kier molecular flexibility index (Phi) is 4.78. The number of nitrogens with zero attached hydrogens (tertiary/aromatic N) is 4. The molecule has 1 aromatic rings. The fourth-order valence-corrected chi connectivity index (χ4v) is 2.01. The van der Waals surface area contributed by atoms with E-state index < -0.39 is 17.7 Å². The maximum atomic E-state index is 11.5. The van der Waals surface area contributed by atoms with Crippen LogP contribution < -0.4 is 0 Å². The Hall–Kier alpha value is -2.20. The van der Waals surface area contributed by atoms with Crippen LogP contribution in [0.1, 0.15) is 32.4 Å². The van der Waals surface area contributed by atoms with Crippen LogP contribution in [0.5, 0.6) is 0 Å². The van der Waals surface area contributed by atoms with Gasteiger partial charge in [-0.25, -0.2) is 4.79 Å². The molecule has 0 bridgehead atoms. The number of azide groups is 1. The first-order valence-electron chi connectivity index (χ1n) is 5.96. The predicted octanol–water partition coefficient (Wildman–Crippen LogP) is 3.82. The van der Waals surface area contributed by atoms with Gasteiger partial charge in [0.25, 0.3) is 0 Å². The molecule has 1 rings (SSSR count). The van der Waals surface area contributed by atoms with Crippen molar-refractivity contribution in [2.45, 2.75) is 32.4 Å². The molecule has 0 aliphatic rings. The summed E-state index contributed by atoms with van der Waals surface area (Å²) in [6, 6.07) is 8.70. The number of rotatable bonds is 4. The zero-order chi connectivity index (χ0) is 14.5. The first-order chi connectivity index (χ1) is 8.88. The minimum absolute atomic E-state index is 0.0735. The molecule has 0 saturated carbocycles. The van der Waals surface area contributed by atoms with Gasteiger partial charge >= 0.3 is 6.09 Å².